The van der Waals surface area contributed by atoms with E-state index in [2.05, 4.69) is 17.4 Å². The average Bonchev–Trinajstić information content (AvgIpc) is 3.68. The summed E-state index contributed by atoms with van der Waals surface area (Å²) < 4.78 is 23.3. The van der Waals surface area contributed by atoms with Crippen LogP contribution in [-0.2, 0) is 11.3 Å². The zero-order chi connectivity index (χ0) is 25.7. The van der Waals surface area contributed by atoms with Gasteiger partial charge < -0.3 is 29.2 Å². The fourth-order valence-electron chi connectivity index (χ4n) is 4.90. The quantitative estimate of drug-likeness (QED) is 0.440. The van der Waals surface area contributed by atoms with Gasteiger partial charge in [-0.25, -0.2) is 0 Å². The van der Waals surface area contributed by atoms with Crippen LogP contribution in [0.3, 0.4) is 0 Å². The van der Waals surface area contributed by atoms with Crippen molar-refractivity contribution in [3.8, 4) is 23.0 Å². The lowest BCUT2D eigenvalue weighted by Gasteiger charge is -2.30. The molecule has 0 radical (unpaired) electrons. The summed E-state index contributed by atoms with van der Waals surface area (Å²) >= 11 is 0. The van der Waals surface area contributed by atoms with Gasteiger partial charge >= 0.3 is 0 Å². The molecule has 0 saturated heterocycles. The SMILES string of the molecule is CCOc1cc(CNC(c2ccc3c(c2)OCCO3)C2CC2)ccc1OCC(=O)N(C(C)C)C(C)C. The molecule has 2 aromatic rings. The van der Waals surface area contributed by atoms with Crippen molar-refractivity contribution in [2.75, 3.05) is 26.4 Å². The van der Waals surface area contributed by atoms with Crippen molar-refractivity contribution in [3.63, 3.8) is 0 Å². The van der Waals surface area contributed by atoms with Gasteiger partial charge in [0.25, 0.3) is 5.91 Å². The Morgan fingerprint density at radius 2 is 1.69 bits per heavy atom. The highest BCUT2D eigenvalue weighted by Gasteiger charge is 2.33. The van der Waals surface area contributed by atoms with E-state index < -0.39 is 0 Å². The molecule has 1 N–H and O–H groups in total. The molecule has 2 aliphatic rings. The largest absolute Gasteiger partial charge is 0.490 e. The van der Waals surface area contributed by atoms with Gasteiger partial charge in [0.2, 0.25) is 0 Å². The van der Waals surface area contributed by atoms with Gasteiger partial charge in [-0.15, -0.1) is 0 Å². The molecule has 0 aromatic heterocycles. The molecule has 196 valence electrons. The maximum atomic E-state index is 12.7. The minimum Gasteiger partial charge on any atom is -0.490 e. The van der Waals surface area contributed by atoms with Crippen LogP contribution in [0.15, 0.2) is 36.4 Å². The molecule has 1 aliphatic carbocycles. The minimum absolute atomic E-state index is 0.0120. The third-order valence-electron chi connectivity index (χ3n) is 6.60. The Morgan fingerprint density at radius 1 is 0.972 bits per heavy atom. The standard InChI is InChI=1S/C29H40N2O5/c1-6-33-26-15-21(7-11-25(26)36-18-28(32)31(19(2)3)20(4)5)17-30-29(22-8-9-22)23-10-12-24-27(16-23)35-14-13-34-24/h7,10-12,15-16,19-20,22,29-30H,6,8-9,13-14,17-18H2,1-5H3. The third-order valence-corrected chi connectivity index (χ3v) is 6.60. The Morgan fingerprint density at radius 3 is 2.36 bits per heavy atom. The maximum absolute atomic E-state index is 12.7. The van der Waals surface area contributed by atoms with E-state index in [1.807, 2.05) is 63.8 Å². The molecule has 1 heterocycles. The van der Waals surface area contributed by atoms with E-state index in [0.29, 0.717) is 43.8 Å². The monoisotopic (exact) mass is 496 g/mol. The van der Waals surface area contributed by atoms with Crippen molar-refractivity contribution in [2.24, 2.45) is 5.92 Å². The second kappa shape index (κ2) is 11.9. The Hall–Kier alpha value is -2.93. The fraction of sp³-hybridized carbons (Fsp3) is 0.552. The highest BCUT2D eigenvalue weighted by atomic mass is 16.6. The molecule has 2 aromatic carbocycles. The smallest absolute Gasteiger partial charge is 0.260 e. The number of carbonyl (C=O) groups excluding carboxylic acids is 1. The van der Waals surface area contributed by atoms with Gasteiger partial charge in [0, 0.05) is 24.7 Å². The zero-order valence-electron chi connectivity index (χ0n) is 22.2. The second-order valence-corrected chi connectivity index (χ2v) is 10.1. The first kappa shape index (κ1) is 26.1. The molecule has 1 unspecified atom stereocenters. The van der Waals surface area contributed by atoms with E-state index in [1.54, 1.807) is 0 Å². The molecule has 1 amide bonds. The molecule has 7 heteroatoms. The summed E-state index contributed by atoms with van der Waals surface area (Å²) in [7, 11) is 0. The van der Waals surface area contributed by atoms with E-state index in [1.165, 1.54) is 18.4 Å². The number of rotatable bonds is 12. The normalized spacial score (nSPS) is 15.6. The summed E-state index contributed by atoms with van der Waals surface area (Å²) in [6.07, 6.45) is 2.45. The molecule has 36 heavy (non-hydrogen) atoms. The number of hydrogen-bond donors (Lipinski definition) is 1. The molecule has 1 fully saturated rings. The van der Waals surface area contributed by atoms with Crippen molar-refractivity contribution in [2.45, 2.75) is 72.1 Å². The van der Waals surface area contributed by atoms with Gasteiger partial charge in [-0.2, -0.15) is 0 Å². The highest BCUT2D eigenvalue weighted by Crippen LogP contribution is 2.43. The predicted molar refractivity (Wildman–Crippen MR) is 140 cm³/mol. The summed E-state index contributed by atoms with van der Waals surface area (Å²) in [5.74, 6) is 3.49. The van der Waals surface area contributed by atoms with Crippen LogP contribution in [0.5, 0.6) is 23.0 Å². The zero-order valence-corrected chi connectivity index (χ0v) is 22.2. The van der Waals surface area contributed by atoms with Crippen LogP contribution in [-0.4, -0.2) is 49.3 Å². The number of amides is 1. The third kappa shape index (κ3) is 6.44. The summed E-state index contributed by atoms with van der Waals surface area (Å²) in [6, 6.07) is 12.7. The highest BCUT2D eigenvalue weighted by molar-refractivity contribution is 5.78. The molecular formula is C29H40N2O5. The van der Waals surface area contributed by atoms with Gasteiger partial charge in [0.05, 0.1) is 6.61 Å². The lowest BCUT2D eigenvalue weighted by Crippen LogP contribution is -2.44. The van der Waals surface area contributed by atoms with E-state index in [9.17, 15) is 4.79 Å². The van der Waals surface area contributed by atoms with Crippen molar-refractivity contribution >= 4 is 5.91 Å². The van der Waals surface area contributed by atoms with Gasteiger partial charge in [0.15, 0.2) is 29.6 Å². The Labute approximate surface area is 215 Å². The van der Waals surface area contributed by atoms with Crippen LogP contribution >= 0.6 is 0 Å². The number of ether oxygens (including phenoxy) is 4. The van der Waals surface area contributed by atoms with Crippen LogP contribution in [0.2, 0.25) is 0 Å². The van der Waals surface area contributed by atoms with Gasteiger partial charge in [-0.1, -0.05) is 12.1 Å². The first-order chi connectivity index (χ1) is 17.4. The summed E-state index contributed by atoms with van der Waals surface area (Å²) in [5.41, 5.74) is 2.33. The Bertz CT molecular complexity index is 1030. The van der Waals surface area contributed by atoms with Crippen molar-refractivity contribution < 1.29 is 23.7 Å². The van der Waals surface area contributed by atoms with Crippen molar-refractivity contribution in [3.05, 3.63) is 47.5 Å². The molecular weight excluding hydrogens is 456 g/mol. The van der Waals surface area contributed by atoms with Gasteiger partial charge in [-0.3, -0.25) is 4.79 Å². The number of carbonyl (C=O) groups is 1. The number of nitrogens with one attached hydrogen (secondary N) is 1. The summed E-state index contributed by atoms with van der Waals surface area (Å²) in [4.78, 5) is 14.6. The van der Waals surface area contributed by atoms with Crippen LogP contribution in [0.1, 0.15) is 64.6 Å². The number of nitrogens with zero attached hydrogens (tertiary/aromatic N) is 1. The topological polar surface area (TPSA) is 69.3 Å². The lowest BCUT2D eigenvalue weighted by molar-refractivity contribution is -0.137. The maximum Gasteiger partial charge on any atom is 0.260 e. The Balaban J connectivity index is 1.42. The van der Waals surface area contributed by atoms with E-state index in [4.69, 9.17) is 18.9 Å². The average molecular weight is 497 g/mol. The van der Waals surface area contributed by atoms with E-state index >= 15 is 0 Å². The first-order valence-corrected chi connectivity index (χ1v) is 13.2. The van der Waals surface area contributed by atoms with Crippen LogP contribution < -0.4 is 24.3 Å². The van der Waals surface area contributed by atoms with Crippen molar-refractivity contribution in [1.29, 1.82) is 0 Å². The van der Waals surface area contributed by atoms with E-state index in [-0.39, 0.29) is 30.6 Å². The van der Waals surface area contributed by atoms with Crippen LogP contribution in [0, 0.1) is 5.92 Å². The molecule has 0 bridgehead atoms. The number of hydrogen-bond acceptors (Lipinski definition) is 6. The molecule has 4 rings (SSSR count). The predicted octanol–water partition coefficient (Wildman–Crippen LogP) is 5.12. The summed E-state index contributed by atoms with van der Waals surface area (Å²) in [6.45, 7) is 12.4. The van der Waals surface area contributed by atoms with Gasteiger partial charge in [-0.05, 0) is 88.8 Å². The van der Waals surface area contributed by atoms with Crippen LogP contribution in [0.4, 0.5) is 0 Å². The van der Waals surface area contributed by atoms with Crippen LogP contribution in [0.25, 0.3) is 0 Å². The molecule has 1 aliphatic heterocycles. The molecule has 1 saturated carbocycles. The lowest BCUT2D eigenvalue weighted by atomic mass is 10.0. The number of fused-ring (bicyclic) bond motifs is 1. The first-order valence-electron chi connectivity index (χ1n) is 13.2. The van der Waals surface area contributed by atoms with E-state index in [0.717, 1.165) is 17.1 Å². The Kier molecular flexibility index (Phi) is 8.62. The number of benzene rings is 2. The van der Waals surface area contributed by atoms with Gasteiger partial charge in [0.1, 0.15) is 13.2 Å². The van der Waals surface area contributed by atoms with Crippen molar-refractivity contribution in [1.82, 2.24) is 10.2 Å². The minimum atomic E-state index is -0.0279. The molecule has 7 nitrogen and oxygen atoms in total. The second-order valence-electron chi connectivity index (χ2n) is 10.1. The summed E-state index contributed by atoms with van der Waals surface area (Å²) in [5, 5.41) is 3.75. The fourth-order valence-corrected chi connectivity index (χ4v) is 4.90. The molecule has 0 spiro atoms. The molecule has 1 atom stereocenters.